The van der Waals surface area contributed by atoms with Crippen molar-refractivity contribution in [2.75, 3.05) is 0 Å². The second-order valence-corrected chi connectivity index (χ2v) is 0.779. The van der Waals surface area contributed by atoms with Crippen molar-refractivity contribution in [3.63, 3.8) is 0 Å². The van der Waals surface area contributed by atoms with Crippen LogP contribution in [-0.2, 0) is 4.79 Å². The van der Waals surface area contributed by atoms with E-state index >= 15 is 0 Å². The molecule has 0 saturated heterocycles. The first-order chi connectivity index (χ1) is 3.15. The van der Waals surface area contributed by atoms with E-state index in [9.17, 15) is 0 Å². The molecule has 4 nitrogen and oxygen atoms in total. The summed E-state index contributed by atoms with van der Waals surface area (Å²) in [7, 11) is 0. The number of carbonyl (C=O) groups is 1. The molecule has 0 aromatic rings. The highest BCUT2D eigenvalue weighted by atomic mass is 35.5. The summed E-state index contributed by atoms with van der Waals surface area (Å²) in [6.45, 7) is 0. The van der Waals surface area contributed by atoms with E-state index < -0.39 is 5.37 Å². The average molecular weight is 123 g/mol. The molecule has 0 spiro atoms. The summed E-state index contributed by atoms with van der Waals surface area (Å²) in [5.41, 5.74) is 4.24. The summed E-state index contributed by atoms with van der Waals surface area (Å²) >= 11 is 4.41. The van der Waals surface area contributed by atoms with E-state index in [0.717, 1.165) is 6.08 Å². The van der Waals surface area contributed by atoms with Gasteiger partial charge in [-0.1, -0.05) is 0 Å². The lowest BCUT2D eigenvalue weighted by molar-refractivity contribution is 0.266. The smallest absolute Gasteiger partial charge is 0.311 e. The number of carbonyl (C=O) groups excluding carboxylic acids is 2. The maximum atomic E-state index is 8.99. The molecule has 0 radical (unpaired) electrons. The Labute approximate surface area is 44.8 Å². The summed E-state index contributed by atoms with van der Waals surface area (Å²) in [5.74, 6) is 0. The number of hydrogen-bond acceptors (Lipinski definition) is 3. The Hall–Kier alpha value is -0.860. The molecule has 0 aliphatic rings. The van der Waals surface area contributed by atoms with Gasteiger partial charge in [-0.15, -0.1) is 0 Å². The maximum Gasteiger partial charge on any atom is 0.311 e. The van der Waals surface area contributed by atoms with E-state index in [1.165, 1.54) is 0 Å². The monoisotopic (exact) mass is 122 g/mol. The molecule has 0 fully saturated rings. The number of isocyanates is 1. The third kappa shape index (κ3) is 68.5. The highest BCUT2D eigenvalue weighted by Gasteiger charge is 1.66. The van der Waals surface area contributed by atoms with E-state index in [1.807, 2.05) is 0 Å². The van der Waals surface area contributed by atoms with Crippen LogP contribution in [0.5, 0.6) is 0 Å². The fourth-order valence-corrected chi connectivity index (χ4v) is 0. The molecule has 5 heteroatoms. The van der Waals surface area contributed by atoms with Crippen molar-refractivity contribution < 1.29 is 9.59 Å². The summed E-state index contributed by atoms with van der Waals surface area (Å²) in [6.07, 6.45) is 0.750. The molecule has 7 heavy (non-hydrogen) atoms. The molecule has 0 aliphatic heterocycles. The second kappa shape index (κ2) is 8.94. The lowest BCUT2D eigenvalue weighted by atomic mass is 11.5. The number of rotatable bonds is 0. The molecule has 1 amide bonds. The molecule has 0 bridgehead atoms. The van der Waals surface area contributed by atoms with Crippen molar-refractivity contribution in [3.05, 3.63) is 0 Å². The number of amides is 1. The van der Waals surface area contributed by atoms with Gasteiger partial charge in [0.1, 0.15) is 0 Å². The molecule has 0 aromatic carbocycles. The molecule has 3 N–H and O–H groups in total. The van der Waals surface area contributed by atoms with Crippen LogP contribution in [0.3, 0.4) is 0 Å². The SMILES string of the molecule is N=C=O.NC(=O)Cl. The summed E-state index contributed by atoms with van der Waals surface area (Å²) < 4.78 is 0. The molecular formula is C2H3ClN2O2. The van der Waals surface area contributed by atoms with E-state index in [-0.39, 0.29) is 0 Å². The molecule has 0 unspecified atom stereocenters. The Bertz CT molecular complexity index is 81.7. The minimum atomic E-state index is -0.861. The lowest BCUT2D eigenvalue weighted by Crippen LogP contribution is -1.94. The van der Waals surface area contributed by atoms with E-state index in [2.05, 4.69) is 17.3 Å². The minimum absolute atomic E-state index is 0.750. The topological polar surface area (TPSA) is 84.0 Å². The zero-order valence-corrected chi connectivity index (χ0v) is 4.03. The molecule has 0 heterocycles. The van der Waals surface area contributed by atoms with Gasteiger partial charge in [0, 0.05) is 0 Å². The van der Waals surface area contributed by atoms with Gasteiger partial charge in [0.05, 0.1) is 0 Å². The summed E-state index contributed by atoms with van der Waals surface area (Å²) in [5, 5.41) is 4.54. The third-order valence-electron chi connectivity index (χ3n) is 0. The average Bonchev–Trinajstić information content (AvgIpc) is 1.33. The number of hydrogen-bond donors (Lipinski definition) is 2. The molecular weight excluding hydrogens is 119 g/mol. The van der Waals surface area contributed by atoms with Crippen LogP contribution in [0.2, 0.25) is 0 Å². The van der Waals surface area contributed by atoms with Crippen LogP contribution < -0.4 is 5.73 Å². The van der Waals surface area contributed by atoms with Crippen LogP contribution in [0.1, 0.15) is 0 Å². The number of halogens is 1. The van der Waals surface area contributed by atoms with Crippen LogP contribution in [0.15, 0.2) is 0 Å². The third-order valence-corrected chi connectivity index (χ3v) is 0. The second-order valence-electron chi connectivity index (χ2n) is 0.406. The van der Waals surface area contributed by atoms with Crippen molar-refractivity contribution in [1.29, 1.82) is 5.41 Å². The van der Waals surface area contributed by atoms with Gasteiger partial charge in [0.15, 0.2) is 0 Å². The van der Waals surface area contributed by atoms with E-state index in [0.29, 0.717) is 0 Å². The Morgan fingerprint density at radius 1 is 1.86 bits per heavy atom. The number of nitrogens with two attached hydrogens (primary N) is 1. The highest BCUT2D eigenvalue weighted by molar-refractivity contribution is 6.62. The van der Waals surface area contributed by atoms with Gasteiger partial charge >= 0.3 is 5.37 Å². The predicted molar refractivity (Wildman–Crippen MR) is 23.8 cm³/mol. The van der Waals surface area contributed by atoms with Crippen molar-refractivity contribution in [2.24, 2.45) is 5.73 Å². The quantitative estimate of drug-likeness (QED) is 0.208. The zero-order valence-electron chi connectivity index (χ0n) is 3.27. The summed E-state index contributed by atoms with van der Waals surface area (Å²) in [4.78, 5) is 17.3. The molecule has 0 aromatic heterocycles. The fourth-order valence-electron chi connectivity index (χ4n) is 0. The van der Waals surface area contributed by atoms with Crippen molar-refractivity contribution in [3.8, 4) is 0 Å². The van der Waals surface area contributed by atoms with Gasteiger partial charge in [-0.25, -0.2) is 10.2 Å². The largest absolute Gasteiger partial charge is 0.356 e. The lowest BCUT2D eigenvalue weighted by Gasteiger charge is -1.56. The summed E-state index contributed by atoms with van der Waals surface area (Å²) in [6, 6.07) is 0. The molecule has 0 atom stereocenters. The van der Waals surface area contributed by atoms with E-state index in [1.54, 1.807) is 0 Å². The van der Waals surface area contributed by atoms with Gasteiger partial charge in [-0.05, 0) is 11.6 Å². The highest BCUT2D eigenvalue weighted by Crippen LogP contribution is 1.62. The first kappa shape index (κ1) is 9.46. The predicted octanol–water partition coefficient (Wildman–Crippen LogP) is 0.205. The van der Waals surface area contributed by atoms with Crippen LogP contribution in [-0.4, -0.2) is 11.4 Å². The molecule has 0 rings (SSSR count). The van der Waals surface area contributed by atoms with Crippen molar-refractivity contribution in [2.45, 2.75) is 0 Å². The van der Waals surface area contributed by atoms with Gasteiger partial charge in [-0.3, -0.25) is 4.79 Å². The van der Waals surface area contributed by atoms with Gasteiger partial charge < -0.3 is 5.73 Å². The van der Waals surface area contributed by atoms with Crippen LogP contribution >= 0.6 is 11.6 Å². The number of primary amides is 1. The van der Waals surface area contributed by atoms with Crippen molar-refractivity contribution in [1.82, 2.24) is 0 Å². The minimum Gasteiger partial charge on any atom is -0.356 e. The first-order valence-corrected chi connectivity index (χ1v) is 1.51. The van der Waals surface area contributed by atoms with Crippen molar-refractivity contribution >= 4 is 23.0 Å². The van der Waals surface area contributed by atoms with E-state index in [4.69, 9.17) is 15.0 Å². The first-order valence-electron chi connectivity index (χ1n) is 1.14. The van der Waals surface area contributed by atoms with Crippen LogP contribution in [0.25, 0.3) is 0 Å². The number of nitrogens with one attached hydrogen (secondary N) is 1. The van der Waals surface area contributed by atoms with Gasteiger partial charge in [-0.2, -0.15) is 0 Å². The van der Waals surface area contributed by atoms with Crippen LogP contribution in [0, 0.1) is 5.41 Å². The Kier molecular flexibility index (Phi) is 12.1. The maximum absolute atomic E-state index is 8.99. The fraction of sp³-hybridized carbons (Fsp3) is 0. The molecule has 0 aliphatic carbocycles. The Balaban J connectivity index is 0. The van der Waals surface area contributed by atoms with Crippen LogP contribution in [0.4, 0.5) is 4.79 Å². The molecule has 40 valence electrons. The standard InChI is InChI=1S/CH2ClNO.CHNO/c2-1(3)4;2-1-3/h(H2,3,4);2H. The normalized spacial score (nSPS) is 4.71. The Morgan fingerprint density at radius 3 is 1.86 bits per heavy atom. The molecule has 0 saturated carbocycles. The zero-order chi connectivity index (χ0) is 6.28. The Morgan fingerprint density at radius 2 is 1.86 bits per heavy atom. The van der Waals surface area contributed by atoms with Gasteiger partial charge in [0.25, 0.3) is 0 Å². The van der Waals surface area contributed by atoms with Gasteiger partial charge in [0.2, 0.25) is 6.08 Å².